The number of nitrogens with zero attached hydrogens (tertiary/aromatic N) is 1. The van der Waals surface area contributed by atoms with E-state index in [9.17, 15) is 5.11 Å². The van der Waals surface area contributed by atoms with E-state index in [4.69, 9.17) is 9.47 Å². The number of aromatic amines is 1. The first-order valence-corrected chi connectivity index (χ1v) is 13.0. The third-order valence-corrected chi connectivity index (χ3v) is 9.98. The molecule has 2 aromatic carbocycles. The molecule has 2 bridgehead atoms. The largest absolute Gasteiger partial charge is 0.504 e. The van der Waals surface area contributed by atoms with Gasteiger partial charge in [0, 0.05) is 42.1 Å². The Morgan fingerprint density at radius 3 is 2.83 bits per heavy atom. The van der Waals surface area contributed by atoms with Crippen molar-refractivity contribution in [1.82, 2.24) is 9.88 Å². The number of aromatic hydroxyl groups is 1. The third-order valence-electron chi connectivity index (χ3n) is 9.98. The molecule has 1 spiro atoms. The zero-order chi connectivity index (χ0) is 22.9. The molecule has 6 heteroatoms. The quantitative estimate of drug-likeness (QED) is 0.524. The van der Waals surface area contributed by atoms with Crippen molar-refractivity contribution < 1.29 is 14.6 Å². The summed E-state index contributed by atoms with van der Waals surface area (Å²) in [5.41, 5.74) is 4.84. The number of piperidine rings is 1. The molecule has 0 amide bonds. The highest BCUT2D eigenvalue weighted by molar-refractivity contribution is 5.87. The van der Waals surface area contributed by atoms with Gasteiger partial charge in [-0.2, -0.15) is 0 Å². The minimum atomic E-state index is -0.630. The molecule has 2 N–H and O–H groups in total. The average Bonchev–Trinajstić information content (AvgIpc) is 3.49. The molecule has 1 saturated heterocycles. The molecule has 4 atom stereocenters. The molecule has 0 unspecified atom stereocenters. The summed E-state index contributed by atoms with van der Waals surface area (Å²) in [5, 5.41) is 12.3. The fraction of sp³-hybridized carbons (Fsp3) is 0.517. The van der Waals surface area contributed by atoms with Crippen LogP contribution in [0.15, 0.2) is 36.4 Å². The van der Waals surface area contributed by atoms with Crippen LogP contribution in [0.5, 0.6) is 11.5 Å². The van der Waals surface area contributed by atoms with Gasteiger partial charge in [0.2, 0.25) is 0 Å². The summed E-state index contributed by atoms with van der Waals surface area (Å²) in [6.07, 6.45) is 5.52. The molecule has 8 rings (SSSR count). The summed E-state index contributed by atoms with van der Waals surface area (Å²) in [5.74, 6) is 1.78. The molecule has 3 heterocycles. The van der Waals surface area contributed by atoms with E-state index in [0.29, 0.717) is 18.4 Å². The summed E-state index contributed by atoms with van der Waals surface area (Å²) in [7, 11) is 0. The number of H-pyrrole nitrogens is 1. The van der Waals surface area contributed by atoms with Gasteiger partial charge in [0.05, 0.1) is 11.1 Å². The number of para-hydroxylation sites is 1. The Balaban J connectivity index is 0.00000210. The average molecular weight is 493 g/mol. The predicted octanol–water partition coefficient (Wildman–Crippen LogP) is 5.21. The molecule has 3 aliphatic carbocycles. The number of hydrogen-bond acceptors (Lipinski definition) is 4. The van der Waals surface area contributed by atoms with Gasteiger partial charge in [-0.3, -0.25) is 4.90 Å². The summed E-state index contributed by atoms with van der Waals surface area (Å²) >= 11 is 0. The molecule has 35 heavy (non-hydrogen) atoms. The summed E-state index contributed by atoms with van der Waals surface area (Å²) < 4.78 is 14.1. The van der Waals surface area contributed by atoms with Crippen LogP contribution < -0.4 is 4.74 Å². The molecule has 5 nitrogen and oxygen atoms in total. The lowest BCUT2D eigenvalue weighted by Crippen LogP contribution is -2.79. The Morgan fingerprint density at radius 1 is 1.20 bits per heavy atom. The number of phenolic OH excluding ortho intramolecular Hbond substituents is 1. The summed E-state index contributed by atoms with van der Waals surface area (Å²) in [4.78, 5) is 6.54. The van der Waals surface area contributed by atoms with Gasteiger partial charge in [0.15, 0.2) is 17.1 Å². The van der Waals surface area contributed by atoms with Crippen LogP contribution in [0.2, 0.25) is 0 Å². The standard InChI is InChI=1S/C29H32N2O3.ClH/c1-3-33-29-15-20-19-6-4-5-7-21(19)30-26(20)27(2)28(29)12-13-31(16-17-8-9-17)23(29)14-18-10-11-22(32)25(34-27)24(18)28;/h4-7,10-11,17,23,30,32H,3,8-9,12-16H2,1-2H3;1H/t23-,27-,28-,29+;/m0./s1. The van der Waals surface area contributed by atoms with Gasteiger partial charge in [-0.15, -0.1) is 12.4 Å². The molecule has 1 saturated carbocycles. The van der Waals surface area contributed by atoms with Crippen LogP contribution in [0.4, 0.5) is 0 Å². The highest BCUT2D eigenvalue weighted by atomic mass is 35.5. The van der Waals surface area contributed by atoms with Crippen LogP contribution in [-0.2, 0) is 28.6 Å². The maximum atomic E-state index is 11.0. The minimum absolute atomic E-state index is 0. The van der Waals surface area contributed by atoms with Crippen LogP contribution in [0.1, 0.15) is 55.5 Å². The van der Waals surface area contributed by atoms with Crippen LogP contribution in [0, 0.1) is 5.92 Å². The number of benzene rings is 2. The van der Waals surface area contributed by atoms with Gasteiger partial charge in [-0.1, -0.05) is 24.3 Å². The van der Waals surface area contributed by atoms with E-state index >= 15 is 0 Å². The Kier molecular flexibility index (Phi) is 4.38. The van der Waals surface area contributed by atoms with Crippen molar-refractivity contribution in [2.75, 3.05) is 19.7 Å². The van der Waals surface area contributed by atoms with Crippen LogP contribution >= 0.6 is 12.4 Å². The van der Waals surface area contributed by atoms with Gasteiger partial charge in [0.1, 0.15) is 5.60 Å². The minimum Gasteiger partial charge on any atom is -0.504 e. The molecular formula is C29H33ClN2O3. The molecule has 2 aliphatic heterocycles. The Hall–Kier alpha value is -2.21. The molecule has 1 aromatic heterocycles. The Morgan fingerprint density at radius 2 is 2.03 bits per heavy atom. The first kappa shape index (κ1) is 22.0. The van der Waals surface area contributed by atoms with Crippen molar-refractivity contribution in [2.45, 2.75) is 68.6 Å². The lowest BCUT2D eigenvalue weighted by Gasteiger charge is -2.67. The van der Waals surface area contributed by atoms with Gasteiger partial charge >= 0.3 is 0 Å². The van der Waals surface area contributed by atoms with Gasteiger partial charge in [-0.25, -0.2) is 0 Å². The van der Waals surface area contributed by atoms with Gasteiger partial charge in [-0.05, 0) is 75.3 Å². The number of halogens is 1. The maximum Gasteiger partial charge on any atom is 0.166 e. The second-order valence-corrected chi connectivity index (χ2v) is 11.4. The third kappa shape index (κ3) is 2.38. The molecule has 0 radical (unpaired) electrons. The number of nitrogens with one attached hydrogen (secondary N) is 1. The maximum absolute atomic E-state index is 11.0. The highest BCUT2D eigenvalue weighted by Gasteiger charge is 2.78. The Labute approximate surface area is 212 Å². The fourth-order valence-electron chi connectivity index (χ4n) is 8.59. The van der Waals surface area contributed by atoms with Crippen LogP contribution in [0.25, 0.3) is 10.9 Å². The number of ether oxygens (including phenoxy) is 2. The zero-order valence-electron chi connectivity index (χ0n) is 20.4. The number of fused-ring (bicyclic) bond motifs is 4. The fourth-order valence-corrected chi connectivity index (χ4v) is 8.59. The van der Waals surface area contributed by atoms with Crippen LogP contribution in [-0.4, -0.2) is 46.3 Å². The predicted molar refractivity (Wildman–Crippen MR) is 138 cm³/mol. The highest BCUT2D eigenvalue weighted by Crippen LogP contribution is 2.72. The zero-order valence-corrected chi connectivity index (χ0v) is 21.2. The van der Waals surface area contributed by atoms with E-state index in [1.165, 1.54) is 47.2 Å². The van der Waals surface area contributed by atoms with Crippen molar-refractivity contribution in [3.63, 3.8) is 0 Å². The van der Waals surface area contributed by atoms with E-state index in [2.05, 4.69) is 54.1 Å². The summed E-state index contributed by atoms with van der Waals surface area (Å²) in [6, 6.07) is 12.9. The van der Waals surface area contributed by atoms with Crippen molar-refractivity contribution in [3.05, 3.63) is 58.8 Å². The first-order chi connectivity index (χ1) is 16.5. The smallest absolute Gasteiger partial charge is 0.166 e. The van der Waals surface area contributed by atoms with Crippen molar-refractivity contribution in [3.8, 4) is 11.5 Å². The van der Waals surface area contributed by atoms with E-state index in [0.717, 1.165) is 37.2 Å². The number of rotatable bonds is 4. The van der Waals surface area contributed by atoms with Gasteiger partial charge in [0.25, 0.3) is 0 Å². The van der Waals surface area contributed by atoms with Crippen molar-refractivity contribution in [1.29, 1.82) is 0 Å². The number of hydrogen-bond donors (Lipinski definition) is 2. The van der Waals surface area contributed by atoms with E-state index in [1.54, 1.807) is 0 Å². The molecule has 184 valence electrons. The van der Waals surface area contributed by atoms with E-state index < -0.39 is 11.2 Å². The SMILES string of the molecule is CCO[C@@]12Cc3c([nH]c4ccccc34)[C@]3(C)Oc4c(O)ccc5c4[C@@]31CCN(CC1CC1)[C@H]2C5.Cl. The number of phenols is 1. The lowest BCUT2D eigenvalue weighted by molar-refractivity contribution is -0.224. The second kappa shape index (κ2) is 6.96. The number of likely N-dealkylation sites (tertiary alicyclic amines) is 1. The Bertz CT molecular complexity index is 1370. The molecule has 5 aliphatic rings. The second-order valence-electron chi connectivity index (χ2n) is 11.4. The number of aromatic nitrogens is 1. The summed E-state index contributed by atoms with van der Waals surface area (Å²) in [6.45, 7) is 7.30. The monoisotopic (exact) mass is 492 g/mol. The normalized spacial score (nSPS) is 34.2. The van der Waals surface area contributed by atoms with Crippen molar-refractivity contribution >= 4 is 23.3 Å². The van der Waals surface area contributed by atoms with Gasteiger partial charge < -0.3 is 19.6 Å². The first-order valence-electron chi connectivity index (χ1n) is 13.0. The van der Waals surface area contributed by atoms with Crippen LogP contribution in [0.3, 0.4) is 0 Å². The molecular weight excluding hydrogens is 460 g/mol. The topological polar surface area (TPSA) is 57.7 Å². The van der Waals surface area contributed by atoms with Crippen molar-refractivity contribution in [2.24, 2.45) is 5.92 Å². The molecule has 3 aromatic rings. The molecule has 2 fully saturated rings. The lowest BCUT2D eigenvalue weighted by atomic mass is 9.45. The van der Waals surface area contributed by atoms with E-state index in [-0.39, 0.29) is 23.6 Å². The van der Waals surface area contributed by atoms with E-state index in [1.807, 2.05) is 6.07 Å².